The van der Waals surface area contributed by atoms with Crippen LogP contribution in [0.3, 0.4) is 0 Å². The largest absolute Gasteiger partial charge is 0.445 e. The molecule has 1 aliphatic heterocycles. The lowest BCUT2D eigenvalue weighted by Gasteiger charge is -2.12. The van der Waals surface area contributed by atoms with Crippen LogP contribution >= 0.6 is 0 Å². The Bertz CT molecular complexity index is 297. The lowest BCUT2D eigenvalue weighted by molar-refractivity contribution is 0.278. The number of aromatic nitrogens is 1. The minimum atomic E-state index is 0.658. The predicted octanol–water partition coefficient (Wildman–Crippen LogP) is 0.764. The average molecular weight is 195 g/mol. The highest BCUT2D eigenvalue weighted by molar-refractivity contribution is 4.91. The standard InChI is InChI=1S/C10H17N3O/c1-8-5-12-10(14-8)7-13-3-2-9(4-11)6-13/h5,9H,2-4,6-7,11H2,1H3. The van der Waals surface area contributed by atoms with Crippen molar-refractivity contribution >= 4 is 0 Å². The molecule has 2 rings (SSSR count). The van der Waals surface area contributed by atoms with Gasteiger partial charge in [-0.15, -0.1) is 0 Å². The molecule has 14 heavy (non-hydrogen) atoms. The van der Waals surface area contributed by atoms with Gasteiger partial charge in [0, 0.05) is 6.54 Å². The van der Waals surface area contributed by atoms with Crippen LogP contribution in [0.2, 0.25) is 0 Å². The van der Waals surface area contributed by atoms with Crippen molar-refractivity contribution in [2.24, 2.45) is 11.7 Å². The number of rotatable bonds is 3. The van der Waals surface area contributed by atoms with Crippen molar-refractivity contribution in [3.05, 3.63) is 17.8 Å². The van der Waals surface area contributed by atoms with Crippen molar-refractivity contribution in [3.63, 3.8) is 0 Å². The van der Waals surface area contributed by atoms with Gasteiger partial charge in [0.1, 0.15) is 5.76 Å². The molecule has 0 aliphatic carbocycles. The molecule has 0 radical (unpaired) electrons. The van der Waals surface area contributed by atoms with Gasteiger partial charge in [0.2, 0.25) is 5.89 Å². The molecule has 0 saturated carbocycles. The molecular weight excluding hydrogens is 178 g/mol. The first-order valence-electron chi connectivity index (χ1n) is 5.11. The van der Waals surface area contributed by atoms with Gasteiger partial charge >= 0.3 is 0 Å². The molecule has 1 aliphatic rings. The highest BCUT2D eigenvalue weighted by atomic mass is 16.4. The molecule has 2 N–H and O–H groups in total. The Labute approximate surface area is 84.1 Å². The van der Waals surface area contributed by atoms with Crippen molar-refractivity contribution in [2.75, 3.05) is 19.6 Å². The minimum Gasteiger partial charge on any atom is -0.445 e. The van der Waals surface area contributed by atoms with Crippen molar-refractivity contribution in [1.82, 2.24) is 9.88 Å². The molecule has 4 nitrogen and oxygen atoms in total. The smallest absolute Gasteiger partial charge is 0.208 e. The Hall–Kier alpha value is -0.870. The van der Waals surface area contributed by atoms with Gasteiger partial charge in [0.25, 0.3) is 0 Å². The van der Waals surface area contributed by atoms with Gasteiger partial charge in [0.05, 0.1) is 12.7 Å². The van der Waals surface area contributed by atoms with Gasteiger partial charge in [0.15, 0.2) is 0 Å². The molecule has 0 bridgehead atoms. The number of hydrogen-bond donors (Lipinski definition) is 1. The molecule has 1 saturated heterocycles. The second kappa shape index (κ2) is 4.11. The van der Waals surface area contributed by atoms with Crippen LogP contribution in [0.1, 0.15) is 18.1 Å². The van der Waals surface area contributed by atoms with Gasteiger partial charge in [-0.25, -0.2) is 4.98 Å². The Balaban J connectivity index is 1.87. The van der Waals surface area contributed by atoms with Crippen molar-refractivity contribution in [1.29, 1.82) is 0 Å². The fraction of sp³-hybridized carbons (Fsp3) is 0.700. The highest BCUT2D eigenvalue weighted by Crippen LogP contribution is 2.17. The summed E-state index contributed by atoms with van der Waals surface area (Å²) in [5, 5.41) is 0. The zero-order valence-electron chi connectivity index (χ0n) is 8.57. The number of aryl methyl sites for hydroxylation is 1. The summed E-state index contributed by atoms with van der Waals surface area (Å²) in [5.74, 6) is 2.36. The van der Waals surface area contributed by atoms with E-state index in [-0.39, 0.29) is 0 Å². The molecule has 78 valence electrons. The molecular formula is C10H17N3O. The molecule has 1 fully saturated rings. The van der Waals surface area contributed by atoms with E-state index in [9.17, 15) is 0 Å². The summed E-state index contributed by atoms with van der Waals surface area (Å²) in [4.78, 5) is 6.54. The first-order valence-corrected chi connectivity index (χ1v) is 5.11. The first-order chi connectivity index (χ1) is 6.78. The summed E-state index contributed by atoms with van der Waals surface area (Å²) < 4.78 is 5.43. The van der Waals surface area contributed by atoms with E-state index in [0.29, 0.717) is 5.92 Å². The number of oxazole rings is 1. The maximum Gasteiger partial charge on any atom is 0.208 e. The molecule has 1 aromatic rings. The summed E-state index contributed by atoms with van der Waals surface area (Å²) in [6.45, 7) is 5.73. The summed E-state index contributed by atoms with van der Waals surface area (Å²) in [5.41, 5.74) is 5.63. The van der Waals surface area contributed by atoms with Crippen molar-refractivity contribution < 1.29 is 4.42 Å². The van der Waals surface area contributed by atoms with Crippen molar-refractivity contribution in [2.45, 2.75) is 19.9 Å². The molecule has 1 aromatic heterocycles. The van der Waals surface area contributed by atoms with Crippen LogP contribution in [0.5, 0.6) is 0 Å². The Morgan fingerprint density at radius 2 is 2.57 bits per heavy atom. The minimum absolute atomic E-state index is 0.658. The van der Waals surface area contributed by atoms with Gasteiger partial charge in [-0.1, -0.05) is 0 Å². The molecule has 1 atom stereocenters. The van der Waals surface area contributed by atoms with E-state index in [0.717, 1.165) is 37.8 Å². The third-order valence-corrected chi connectivity index (χ3v) is 2.73. The van der Waals surface area contributed by atoms with E-state index in [2.05, 4.69) is 9.88 Å². The second-order valence-corrected chi connectivity index (χ2v) is 3.99. The van der Waals surface area contributed by atoms with E-state index >= 15 is 0 Å². The lowest BCUT2D eigenvalue weighted by Crippen LogP contribution is -2.22. The third-order valence-electron chi connectivity index (χ3n) is 2.73. The van der Waals surface area contributed by atoms with Crippen LogP contribution in [-0.4, -0.2) is 29.5 Å². The summed E-state index contributed by atoms with van der Waals surface area (Å²) >= 11 is 0. The molecule has 0 amide bonds. The van der Waals surface area contributed by atoms with Crippen LogP contribution < -0.4 is 5.73 Å². The van der Waals surface area contributed by atoms with E-state index in [1.54, 1.807) is 6.20 Å². The Morgan fingerprint density at radius 3 is 3.14 bits per heavy atom. The molecule has 2 heterocycles. The molecule has 0 aromatic carbocycles. The highest BCUT2D eigenvalue weighted by Gasteiger charge is 2.22. The van der Waals surface area contributed by atoms with Crippen LogP contribution in [-0.2, 0) is 6.54 Å². The molecule has 0 spiro atoms. The lowest BCUT2D eigenvalue weighted by atomic mass is 10.1. The summed E-state index contributed by atoms with van der Waals surface area (Å²) in [7, 11) is 0. The van der Waals surface area contributed by atoms with Crippen LogP contribution in [0.15, 0.2) is 10.6 Å². The monoisotopic (exact) mass is 195 g/mol. The zero-order valence-corrected chi connectivity index (χ0v) is 8.57. The molecule has 4 heteroatoms. The van der Waals surface area contributed by atoms with Crippen LogP contribution in [0.25, 0.3) is 0 Å². The fourth-order valence-electron chi connectivity index (χ4n) is 1.91. The Kier molecular flexibility index (Phi) is 2.84. The average Bonchev–Trinajstić information content (AvgIpc) is 2.76. The van der Waals surface area contributed by atoms with Gasteiger partial charge in [-0.3, -0.25) is 4.90 Å². The number of nitrogens with two attached hydrogens (primary N) is 1. The SMILES string of the molecule is Cc1cnc(CN2CCC(CN)C2)o1. The Morgan fingerprint density at radius 1 is 1.71 bits per heavy atom. The second-order valence-electron chi connectivity index (χ2n) is 3.99. The fourth-order valence-corrected chi connectivity index (χ4v) is 1.91. The van der Waals surface area contributed by atoms with E-state index in [1.165, 1.54) is 6.42 Å². The van der Waals surface area contributed by atoms with Gasteiger partial charge in [-0.05, 0) is 32.4 Å². The first kappa shape index (κ1) is 9.68. The van der Waals surface area contributed by atoms with Gasteiger partial charge in [-0.2, -0.15) is 0 Å². The molecule has 1 unspecified atom stereocenters. The van der Waals surface area contributed by atoms with Crippen LogP contribution in [0.4, 0.5) is 0 Å². The van der Waals surface area contributed by atoms with Crippen LogP contribution in [0, 0.1) is 12.8 Å². The van der Waals surface area contributed by atoms with E-state index < -0.39 is 0 Å². The zero-order chi connectivity index (χ0) is 9.97. The number of likely N-dealkylation sites (tertiary alicyclic amines) is 1. The summed E-state index contributed by atoms with van der Waals surface area (Å²) in [6, 6.07) is 0. The topological polar surface area (TPSA) is 55.3 Å². The van der Waals surface area contributed by atoms with E-state index in [4.69, 9.17) is 10.2 Å². The summed E-state index contributed by atoms with van der Waals surface area (Å²) in [6.07, 6.45) is 2.97. The maximum absolute atomic E-state index is 5.63. The predicted molar refractivity (Wildman–Crippen MR) is 53.7 cm³/mol. The number of nitrogens with zero attached hydrogens (tertiary/aromatic N) is 2. The van der Waals surface area contributed by atoms with Crippen molar-refractivity contribution in [3.8, 4) is 0 Å². The normalized spacial score (nSPS) is 23.1. The van der Waals surface area contributed by atoms with E-state index in [1.807, 2.05) is 6.92 Å². The maximum atomic E-state index is 5.63. The van der Waals surface area contributed by atoms with Gasteiger partial charge < -0.3 is 10.2 Å². The quantitative estimate of drug-likeness (QED) is 0.773. The number of hydrogen-bond acceptors (Lipinski definition) is 4. The third kappa shape index (κ3) is 2.13.